The molecular formula is C16H18ClN3O. The van der Waals surface area contributed by atoms with Crippen molar-refractivity contribution in [3.63, 3.8) is 0 Å². The Hall–Kier alpha value is -2.20. The number of likely N-dealkylation sites (N-methyl/N-ethyl adjacent to an activating group) is 1. The molecular weight excluding hydrogens is 286 g/mol. The fourth-order valence-electron chi connectivity index (χ4n) is 2.16. The van der Waals surface area contributed by atoms with Gasteiger partial charge in [-0.15, -0.1) is 0 Å². The van der Waals surface area contributed by atoms with Crippen LogP contribution in [0.5, 0.6) is 0 Å². The van der Waals surface area contributed by atoms with Crippen LogP contribution >= 0.6 is 11.6 Å². The summed E-state index contributed by atoms with van der Waals surface area (Å²) in [5.74, 6) is 0.0547. The maximum absolute atomic E-state index is 8.89. The van der Waals surface area contributed by atoms with E-state index in [1.165, 1.54) is 5.56 Å². The van der Waals surface area contributed by atoms with E-state index in [1.807, 2.05) is 31.3 Å². The highest BCUT2D eigenvalue weighted by atomic mass is 35.5. The lowest BCUT2D eigenvalue weighted by molar-refractivity contribution is 0.318. The molecule has 0 aliphatic carbocycles. The number of nitrogens with zero attached hydrogens (tertiary/aromatic N) is 2. The third-order valence-electron chi connectivity index (χ3n) is 3.33. The highest BCUT2D eigenvalue weighted by Gasteiger charge is 2.12. The lowest BCUT2D eigenvalue weighted by Crippen LogP contribution is -2.25. The molecule has 0 aliphatic rings. The van der Waals surface area contributed by atoms with Crippen LogP contribution in [0.25, 0.3) is 0 Å². The van der Waals surface area contributed by atoms with Gasteiger partial charge < -0.3 is 15.8 Å². The maximum Gasteiger partial charge on any atom is 0.172 e. The lowest BCUT2D eigenvalue weighted by Gasteiger charge is -2.22. The first kappa shape index (κ1) is 15.2. The molecule has 2 aromatic carbocycles. The van der Waals surface area contributed by atoms with Crippen LogP contribution in [-0.4, -0.2) is 24.6 Å². The summed E-state index contributed by atoms with van der Waals surface area (Å²) in [5.41, 5.74) is 8.50. The Labute approximate surface area is 129 Å². The van der Waals surface area contributed by atoms with Gasteiger partial charge in [-0.25, -0.2) is 0 Å². The largest absolute Gasteiger partial charge is 0.409 e. The zero-order chi connectivity index (χ0) is 15.2. The zero-order valence-electron chi connectivity index (χ0n) is 11.8. The summed E-state index contributed by atoms with van der Waals surface area (Å²) in [7, 11) is 1.97. The van der Waals surface area contributed by atoms with Crippen molar-refractivity contribution in [2.45, 2.75) is 6.42 Å². The number of rotatable bonds is 5. The van der Waals surface area contributed by atoms with Gasteiger partial charge in [-0.05, 0) is 30.2 Å². The van der Waals surface area contributed by atoms with E-state index in [4.69, 9.17) is 22.5 Å². The Morgan fingerprint density at radius 2 is 1.95 bits per heavy atom. The normalized spacial score (nSPS) is 11.4. The minimum absolute atomic E-state index is 0.0547. The Morgan fingerprint density at radius 1 is 1.24 bits per heavy atom. The third-order valence-corrected chi connectivity index (χ3v) is 3.57. The summed E-state index contributed by atoms with van der Waals surface area (Å²) in [6.45, 7) is 0.817. The predicted molar refractivity (Wildman–Crippen MR) is 87.4 cm³/mol. The Bertz CT molecular complexity index is 629. The number of halogens is 1. The van der Waals surface area contributed by atoms with Crippen molar-refractivity contribution in [2.24, 2.45) is 10.9 Å². The predicted octanol–water partition coefficient (Wildman–Crippen LogP) is 3.11. The van der Waals surface area contributed by atoms with E-state index < -0.39 is 0 Å². The molecule has 0 atom stereocenters. The minimum atomic E-state index is 0.0547. The quantitative estimate of drug-likeness (QED) is 0.386. The lowest BCUT2D eigenvalue weighted by atomic mass is 10.1. The molecule has 3 N–H and O–H groups in total. The first-order valence-electron chi connectivity index (χ1n) is 6.64. The van der Waals surface area contributed by atoms with Gasteiger partial charge in [0.15, 0.2) is 5.84 Å². The Kier molecular flexibility index (Phi) is 5.06. The highest BCUT2D eigenvalue weighted by Crippen LogP contribution is 2.23. The van der Waals surface area contributed by atoms with Gasteiger partial charge in [0.05, 0.1) is 0 Å². The molecule has 21 heavy (non-hydrogen) atoms. The number of benzene rings is 2. The van der Waals surface area contributed by atoms with Crippen LogP contribution in [0.1, 0.15) is 11.1 Å². The standard InChI is InChI=1S/C16H18ClN3O/c1-20(10-9-12-5-3-2-4-6-12)15-8-7-13(17)11-14(15)16(18)19-21/h2-8,11,21H,9-10H2,1H3,(H2,18,19). The molecule has 0 unspecified atom stereocenters. The summed E-state index contributed by atoms with van der Waals surface area (Å²) in [6, 6.07) is 15.6. The molecule has 2 aromatic rings. The van der Waals surface area contributed by atoms with Gasteiger partial charge in [0.25, 0.3) is 0 Å². The molecule has 110 valence electrons. The van der Waals surface area contributed by atoms with Crippen LogP contribution in [0.3, 0.4) is 0 Å². The van der Waals surface area contributed by atoms with Crippen LogP contribution in [0, 0.1) is 0 Å². The number of amidine groups is 1. The number of nitrogens with two attached hydrogens (primary N) is 1. The van der Waals surface area contributed by atoms with Gasteiger partial charge in [0.1, 0.15) is 0 Å². The van der Waals surface area contributed by atoms with E-state index in [0.717, 1.165) is 18.7 Å². The highest BCUT2D eigenvalue weighted by molar-refractivity contribution is 6.31. The van der Waals surface area contributed by atoms with Crippen LogP contribution in [0.4, 0.5) is 5.69 Å². The van der Waals surface area contributed by atoms with Gasteiger partial charge in [0, 0.05) is 29.9 Å². The van der Waals surface area contributed by atoms with Crippen LogP contribution < -0.4 is 10.6 Å². The van der Waals surface area contributed by atoms with Crippen molar-refractivity contribution in [3.05, 3.63) is 64.7 Å². The van der Waals surface area contributed by atoms with Crippen LogP contribution in [0.15, 0.2) is 53.7 Å². The summed E-state index contributed by atoms with van der Waals surface area (Å²) in [5, 5.41) is 12.5. The zero-order valence-corrected chi connectivity index (χ0v) is 12.6. The van der Waals surface area contributed by atoms with Gasteiger partial charge in [-0.1, -0.05) is 47.1 Å². The number of anilines is 1. The van der Waals surface area contributed by atoms with E-state index in [0.29, 0.717) is 10.6 Å². The average molecular weight is 304 g/mol. The van der Waals surface area contributed by atoms with Gasteiger partial charge in [0.2, 0.25) is 0 Å². The summed E-state index contributed by atoms with van der Waals surface area (Å²) in [4.78, 5) is 2.07. The topological polar surface area (TPSA) is 61.8 Å². The van der Waals surface area contributed by atoms with Crippen LogP contribution in [0.2, 0.25) is 5.02 Å². The fourth-order valence-corrected chi connectivity index (χ4v) is 2.33. The smallest absolute Gasteiger partial charge is 0.172 e. The van der Waals surface area contributed by atoms with Crippen molar-refractivity contribution in [1.29, 1.82) is 0 Å². The molecule has 4 nitrogen and oxygen atoms in total. The summed E-state index contributed by atoms with van der Waals surface area (Å²) < 4.78 is 0. The van der Waals surface area contributed by atoms with Gasteiger partial charge in [-0.2, -0.15) is 0 Å². The average Bonchev–Trinajstić information content (AvgIpc) is 2.52. The fraction of sp³-hybridized carbons (Fsp3) is 0.188. The minimum Gasteiger partial charge on any atom is -0.409 e. The molecule has 0 aromatic heterocycles. The SMILES string of the molecule is CN(CCc1ccccc1)c1ccc(Cl)cc1C(N)=NO. The van der Waals surface area contributed by atoms with Gasteiger partial charge in [-0.3, -0.25) is 0 Å². The van der Waals surface area contributed by atoms with E-state index in [2.05, 4.69) is 22.2 Å². The maximum atomic E-state index is 8.89. The summed E-state index contributed by atoms with van der Waals surface area (Å²) in [6.07, 6.45) is 0.912. The summed E-state index contributed by atoms with van der Waals surface area (Å²) >= 11 is 5.98. The molecule has 0 saturated heterocycles. The van der Waals surface area contributed by atoms with Crippen molar-refractivity contribution in [3.8, 4) is 0 Å². The Balaban J connectivity index is 2.17. The molecule has 5 heteroatoms. The van der Waals surface area contributed by atoms with Crippen molar-refractivity contribution >= 4 is 23.1 Å². The van der Waals surface area contributed by atoms with E-state index in [9.17, 15) is 0 Å². The van der Waals surface area contributed by atoms with E-state index >= 15 is 0 Å². The second kappa shape index (κ2) is 6.99. The number of oxime groups is 1. The number of hydrogen-bond donors (Lipinski definition) is 2. The Morgan fingerprint density at radius 3 is 2.62 bits per heavy atom. The van der Waals surface area contributed by atoms with E-state index in [1.54, 1.807) is 12.1 Å². The molecule has 0 fully saturated rings. The second-order valence-electron chi connectivity index (χ2n) is 4.80. The first-order chi connectivity index (χ1) is 10.1. The number of hydrogen-bond acceptors (Lipinski definition) is 3. The van der Waals surface area contributed by atoms with Crippen molar-refractivity contribution < 1.29 is 5.21 Å². The third kappa shape index (κ3) is 3.89. The molecule has 0 spiro atoms. The molecule has 0 bridgehead atoms. The molecule has 0 saturated carbocycles. The van der Waals surface area contributed by atoms with Gasteiger partial charge >= 0.3 is 0 Å². The molecule has 0 aliphatic heterocycles. The molecule has 2 rings (SSSR count). The second-order valence-corrected chi connectivity index (χ2v) is 5.24. The molecule has 0 radical (unpaired) electrons. The molecule has 0 amide bonds. The van der Waals surface area contributed by atoms with Crippen molar-refractivity contribution in [2.75, 3.05) is 18.5 Å². The van der Waals surface area contributed by atoms with Crippen LogP contribution in [-0.2, 0) is 6.42 Å². The van der Waals surface area contributed by atoms with Crippen molar-refractivity contribution in [1.82, 2.24) is 0 Å². The van der Waals surface area contributed by atoms with E-state index in [-0.39, 0.29) is 5.84 Å². The first-order valence-corrected chi connectivity index (χ1v) is 7.02. The molecule has 0 heterocycles. The monoisotopic (exact) mass is 303 g/mol.